The number of nitrogens with one attached hydrogen (secondary N) is 1. The van der Waals surface area contributed by atoms with Gasteiger partial charge in [0.1, 0.15) is 0 Å². The van der Waals surface area contributed by atoms with Crippen LogP contribution in [-0.4, -0.2) is 75.3 Å². The van der Waals surface area contributed by atoms with Crippen LogP contribution < -0.4 is 4.90 Å². The van der Waals surface area contributed by atoms with Crippen LogP contribution in [0.2, 0.25) is 0 Å². The highest BCUT2D eigenvalue weighted by atomic mass is 32.2. The Morgan fingerprint density at radius 1 is 1.06 bits per heavy atom. The van der Waals surface area contributed by atoms with Crippen LogP contribution in [0.15, 0.2) is 53.4 Å². The van der Waals surface area contributed by atoms with Crippen LogP contribution in [0.5, 0.6) is 0 Å². The zero-order chi connectivity index (χ0) is 24.6. The van der Waals surface area contributed by atoms with Crippen LogP contribution in [0.3, 0.4) is 0 Å². The van der Waals surface area contributed by atoms with E-state index in [-0.39, 0.29) is 35.9 Å². The van der Waals surface area contributed by atoms with Gasteiger partial charge in [-0.15, -0.1) is 0 Å². The second kappa shape index (κ2) is 9.23. The zero-order valence-corrected chi connectivity index (χ0v) is 20.0. The number of sulfone groups is 1. The van der Waals surface area contributed by atoms with Gasteiger partial charge in [0.25, 0.3) is 5.92 Å². The fourth-order valence-electron chi connectivity index (χ4n) is 4.67. The smallest absolute Gasteiger partial charge is 0.266 e. The molecule has 0 spiro atoms. The van der Waals surface area contributed by atoms with Gasteiger partial charge in [-0.05, 0) is 30.3 Å². The maximum atomic E-state index is 14.0. The highest BCUT2D eigenvalue weighted by Crippen LogP contribution is 2.39. The maximum absolute atomic E-state index is 14.0. The number of H-pyrrole nitrogens is 1. The number of aromatic nitrogens is 1. The lowest BCUT2D eigenvalue weighted by Crippen LogP contribution is -2.41. The van der Waals surface area contributed by atoms with Crippen molar-refractivity contribution in [2.45, 2.75) is 23.7 Å². The summed E-state index contributed by atoms with van der Waals surface area (Å²) in [6.45, 7) is 1.57. The molecule has 2 aliphatic rings. The SMILES string of the molecule is O=C(CCS(=O)(=O)c1ccc(N2CCC(F)(F)C2)c(-c2cc3ccccc3[nH]2)c1)N1CCOCC1. The van der Waals surface area contributed by atoms with E-state index in [0.29, 0.717) is 43.2 Å². The number of hydrogen-bond donors (Lipinski definition) is 1. The van der Waals surface area contributed by atoms with Gasteiger partial charge in [0.2, 0.25) is 5.91 Å². The number of fused-ring (bicyclic) bond motifs is 1. The minimum Gasteiger partial charge on any atom is -0.378 e. The van der Waals surface area contributed by atoms with Crippen molar-refractivity contribution in [3.63, 3.8) is 0 Å². The minimum absolute atomic E-state index is 0.0654. The van der Waals surface area contributed by atoms with Crippen molar-refractivity contribution in [1.29, 1.82) is 0 Å². The molecule has 186 valence electrons. The van der Waals surface area contributed by atoms with Crippen molar-refractivity contribution in [2.24, 2.45) is 0 Å². The molecule has 3 aromatic rings. The summed E-state index contributed by atoms with van der Waals surface area (Å²) in [4.78, 5) is 19.0. The van der Waals surface area contributed by atoms with Gasteiger partial charge >= 0.3 is 0 Å². The molecule has 0 unspecified atom stereocenters. The van der Waals surface area contributed by atoms with E-state index in [1.807, 2.05) is 30.3 Å². The first kappa shape index (κ1) is 23.7. The number of morpholine rings is 1. The molecule has 0 aliphatic carbocycles. The Labute approximate surface area is 202 Å². The predicted octanol–water partition coefficient (Wildman–Crippen LogP) is 3.70. The van der Waals surface area contributed by atoms with Gasteiger partial charge in [-0.2, -0.15) is 0 Å². The molecule has 5 rings (SSSR count). The number of aromatic amines is 1. The summed E-state index contributed by atoms with van der Waals surface area (Å²) < 4.78 is 59.6. The Balaban J connectivity index is 1.46. The van der Waals surface area contributed by atoms with Crippen LogP contribution in [0.1, 0.15) is 12.8 Å². The Kier molecular flexibility index (Phi) is 6.27. The van der Waals surface area contributed by atoms with Gasteiger partial charge in [0, 0.05) is 60.3 Å². The van der Waals surface area contributed by atoms with Crippen LogP contribution in [0.25, 0.3) is 22.2 Å². The molecular formula is C25H27F2N3O4S. The molecule has 1 N–H and O–H groups in total. The number of nitrogens with zero attached hydrogens (tertiary/aromatic N) is 2. The van der Waals surface area contributed by atoms with Gasteiger partial charge < -0.3 is 19.5 Å². The van der Waals surface area contributed by atoms with Crippen molar-refractivity contribution in [2.75, 3.05) is 50.0 Å². The van der Waals surface area contributed by atoms with E-state index in [0.717, 1.165) is 10.9 Å². The van der Waals surface area contributed by atoms with Gasteiger partial charge in [-0.3, -0.25) is 4.79 Å². The first-order valence-electron chi connectivity index (χ1n) is 11.7. The average Bonchev–Trinajstić information content (AvgIpc) is 3.45. The molecule has 1 aromatic heterocycles. The number of para-hydroxylation sites is 1. The third kappa shape index (κ3) is 5.04. The summed E-state index contributed by atoms with van der Waals surface area (Å²) >= 11 is 0. The van der Waals surface area contributed by atoms with E-state index in [4.69, 9.17) is 4.74 Å². The second-order valence-corrected chi connectivity index (χ2v) is 11.1. The predicted molar refractivity (Wildman–Crippen MR) is 130 cm³/mol. The van der Waals surface area contributed by atoms with E-state index >= 15 is 0 Å². The molecule has 10 heteroatoms. The number of alkyl halides is 2. The number of ether oxygens (including phenoxy) is 1. The summed E-state index contributed by atoms with van der Waals surface area (Å²) in [6.07, 6.45) is -0.368. The quantitative estimate of drug-likeness (QED) is 0.555. The van der Waals surface area contributed by atoms with E-state index in [1.54, 1.807) is 15.9 Å². The van der Waals surface area contributed by atoms with Crippen molar-refractivity contribution in [3.8, 4) is 11.3 Å². The minimum atomic E-state index is -3.78. The monoisotopic (exact) mass is 503 g/mol. The van der Waals surface area contributed by atoms with Gasteiger partial charge in [0.15, 0.2) is 9.84 Å². The number of benzene rings is 2. The lowest BCUT2D eigenvalue weighted by Gasteiger charge is -2.26. The summed E-state index contributed by atoms with van der Waals surface area (Å²) in [6, 6.07) is 14.1. The van der Waals surface area contributed by atoms with E-state index in [9.17, 15) is 22.0 Å². The second-order valence-electron chi connectivity index (χ2n) is 9.04. The Hall–Kier alpha value is -2.98. The maximum Gasteiger partial charge on any atom is 0.266 e. The number of hydrogen-bond acceptors (Lipinski definition) is 5. The lowest BCUT2D eigenvalue weighted by molar-refractivity contribution is -0.134. The largest absolute Gasteiger partial charge is 0.378 e. The van der Waals surface area contributed by atoms with Crippen LogP contribution >= 0.6 is 0 Å². The summed E-state index contributed by atoms with van der Waals surface area (Å²) in [5.41, 5.74) is 2.61. The first-order chi connectivity index (χ1) is 16.7. The van der Waals surface area contributed by atoms with Gasteiger partial charge in [-0.1, -0.05) is 18.2 Å². The number of rotatable bonds is 6. The van der Waals surface area contributed by atoms with Crippen molar-refractivity contribution in [3.05, 3.63) is 48.5 Å². The number of amides is 1. The molecule has 7 nitrogen and oxygen atoms in total. The number of carbonyl (C=O) groups is 1. The molecule has 0 bridgehead atoms. The van der Waals surface area contributed by atoms with Crippen LogP contribution in [-0.2, 0) is 19.4 Å². The Morgan fingerprint density at radius 2 is 1.83 bits per heavy atom. The molecule has 1 amide bonds. The Morgan fingerprint density at radius 3 is 2.54 bits per heavy atom. The Bertz CT molecular complexity index is 1320. The topological polar surface area (TPSA) is 82.7 Å². The van der Waals surface area contributed by atoms with E-state index < -0.39 is 22.3 Å². The fourth-order valence-corrected chi connectivity index (χ4v) is 5.92. The third-order valence-corrected chi connectivity index (χ3v) is 8.32. The fraction of sp³-hybridized carbons (Fsp3) is 0.400. The van der Waals surface area contributed by atoms with Crippen molar-refractivity contribution < 1.29 is 26.7 Å². The molecule has 2 aromatic carbocycles. The van der Waals surface area contributed by atoms with Gasteiger partial charge in [0.05, 0.1) is 30.4 Å². The molecule has 2 saturated heterocycles. The molecule has 0 saturated carbocycles. The molecular weight excluding hydrogens is 476 g/mol. The molecule has 3 heterocycles. The zero-order valence-electron chi connectivity index (χ0n) is 19.2. The van der Waals surface area contributed by atoms with E-state index in [1.165, 1.54) is 12.1 Å². The number of halogens is 2. The highest BCUT2D eigenvalue weighted by molar-refractivity contribution is 7.91. The normalized spacial score (nSPS) is 18.3. The van der Waals surface area contributed by atoms with Crippen LogP contribution in [0, 0.1) is 0 Å². The number of anilines is 1. The van der Waals surface area contributed by atoms with Crippen LogP contribution in [0.4, 0.5) is 14.5 Å². The van der Waals surface area contributed by atoms with Crippen molar-refractivity contribution in [1.82, 2.24) is 9.88 Å². The lowest BCUT2D eigenvalue weighted by atomic mass is 10.1. The summed E-state index contributed by atoms with van der Waals surface area (Å²) in [7, 11) is -3.78. The number of carbonyl (C=O) groups excluding carboxylic acids is 1. The first-order valence-corrected chi connectivity index (χ1v) is 13.3. The highest BCUT2D eigenvalue weighted by Gasteiger charge is 2.39. The summed E-state index contributed by atoms with van der Waals surface area (Å²) in [5.74, 6) is -3.33. The molecule has 0 radical (unpaired) electrons. The summed E-state index contributed by atoms with van der Waals surface area (Å²) in [5, 5.41) is 0.935. The molecule has 35 heavy (non-hydrogen) atoms. The molecule has 2 aliphatic heterocycles. The molecule has 0 atom stereocenters. The average molecular weight is 504 g/mol. The van der Waals surface area contributed by atoms with Crippen molar-refractivity contribution >= 4 is 32.3 Å². The standard InChI is InChI=1S/C25H27F2N3O4S/c26-25(27)8-9-30(17-25)23-6-5-19(16-20(23)22-15-18-3-1-2-4-21(18)28-22)35(32,33)14-7-24(31)29-10-12-34-13-11-29/h1-6,15-16,28H,7-14,17H2. The third-order valence-electron chi connectivity index (χ3n) is 6.61. The van der Waals surface area contributed by atoms with E-state index in [2.05, 4.69) is 4.98 Å². The molecule has 2 fully saturated rings. The van der Waals surface area contributed by atoms with Gasteiger partial charge in [-0.25, -0.2) is 17.2 Å².